The van der Waals surface area contributed by atoms with Crippen LogP contribution in [0.25, 0.3) is 10.8 Å². The van der Waals surface area contributed by atoms with Crippen molar-refractivity contribution in [3.63, 3.8) is 0 Å². The van der Waals surface area contributed by atoms with Crippen LogP contribution in [0, 0.1) is 0 Å². The van der Waals surface area contributed by atoms with Gasteiger partial charge in [-0.1, -0.05) is 36.4 Å². The maximum absolute atomic E-state index is 12.6. The van der Waals surface area contributed by atoms with E-state index in [9.17, 15) is 13.2 Å². The average molecular weight is 520 g/mol. The molecule has 1 heterocycles. The summed E-state index contributed by atoms with van der Waals surface area (Å²) >= 11 is 1.02. The van der Waals surface area contributed by atoms with Crippen LogP contribution >= 0.6 is 35.3 Å². The molecular weight excluding hydrogens is 500 g/mol. The van der Waals surface area contributed by atoms with E-state index in [2.05, 4.69) is 50.9 Å². The molecule has 0 spiro atoms. The summed E-state index contributed by atoms with van der Waals surface area (Å²) in [4.78, 5) is 7.76. The van der Waals surface area contributed by atoms with Gasteiger partial charge in [-0.05, 0) is 22.4 Å². The number of nitrogens with zero attached hydrogens (tertiary/aromatic N) is 2. The maximum Gasteiger partial charge on any atom is 0.434 e. The molecule has 0 aliphatic heterocycles. The molecule has 0 unspecified atom stereocenters. The van der Waals surface area contributed by atoms with Gasteiger partial charge in [0.2, 0.25) is 0 Å². The van der Waals surface area contributed by atoms with Crippen LogP contribution in [0.3, 0.4) is 0 Å². The molecule has 3 rings (SSSR count). The normalized spacial score (nSPS) is 11.9. The van der Waals surface area contributed by atoms with Gasteiger partial charge in [-0.15, -0.1) is 35.3 Å². The number of benzene rings is 2. The van der Waals surface area contributed by atoms with Gasteiger partial charge in [-0.25, -0.2) is 4.98 Å². The van der Waals surface area contributed by atoms with Gasteiger partial charge in [-0.2, -0.15) is 13.2 Å². The lowest BCUT2D eigenvalue weighted by molar-refractivity contribution is -0.140. The first-order valence-electron chi connectivity index (χ1n) is 8.39. The van der Waals surface area contributed by atoms with Gasteiger partial charge in [0, 0.05) is 31.9 Å². The predicted octanol–water partition coefficient (Wildman–Crippen LogP) is 4.84. The summed E-state index contributed by atoms with van der Waals surface area (Å²) in [5.74, 6) is 0.593. The van der Waals surface area contributed by atoms with Crippen LogP contribution in [0.1, 0.15) is 16.3 Å². The van der Waals surface area contributed by atoms with Crippen LogP contribution in [-0.2, 0) is 19.1 Å². The Morgan fingerprint density at radius 1 is 1.11 bits per heavy atom. The van der Waals surface area contributed by atoms with Crippen LogP contribution in [0.4, 0.5) is 13.2 Å². The van der Waals surface area contributed by atoms with Crippen molar-refractivity contribution in [1.29, 1.82) is 0 Å². The smallest absolute Gasteiger partial charge is 0.356 e. The molecule has 28 heavy (non-hydrogen) atoms. The van der Waals surface area contributed by atoms with E-state index in [-0.39, 0.29) is 24.0 Å². The molecule has 0 fully saturated rings. The largest absolute Gasteiger partial charge is 0.434 e. The summed E-state index contributed by atoms with van der Waals surface area (Å²) in [7, 11) is 1.65. The highest BCUT2D eigenvalue weighted by atomic mass is 127. The number of hydrogen-bond donors (Lipinski definition) is 2. The third-order valence-corrected chi connectivity index (χ3v) is 4.88. The SMILES string of the molecule is CN=C(NCCc1nc(C(F)(F)F)cs1)NCc1ccc2ccccc2c1.I. The number of aliphatic imine (C=N–C) groups is 1. The lowest BCUT2D eigenvalue weighted by Crippen LogP contribution is -2.37. The van der Waals surface area contributed by atoms with E-state index in [0.717, 1.165) is 22.3 Å². The summed E-state index contributed by atoms with van der Waals surface area (Å²) in [6.07, 6.45) is -3.99. The first-order chi connectivity index (χ1) is 13.0. The van der Waals surface area contributed by atoms with E-state index in [1.807, 2.05) is 12.1 Å². The van der Waals surface area contributed by atoms with Crippen molar-refractivity contribution in [2.75, 3.05) is 13.6 Å². The summed E-state index contributed by atoms with van der Waals surface area (Å²) < 4.78 is 37.7. The fraction of sp³-hybridized carbons (Fsp3) is 0.263. The van der Waals surface area contributed by atoms with Gasteiger partial charge < -0.3 is 10.6 Å². The monoisotopic (exact) mass is 520 g/mol. The Hall–Kier alpha value is -1.88. The second-order valence-electron chi connectivity index (χ2n) is 5.91. The van der Waals surface area contributed by atoms with E-state index in [1.54, 1.807) is 7.05 Å². The van der Waals surface area contributed by atoms with E-state index >= 15 is 0 Å². The van der Waals surface area contributed by atoms with Crippen molar-refractivity contribution in [3.8, 4) is 0 Å². The molecule has 0 saturated heterocycles. The highest BCUT2D eigenvalue weighted by molar-refractivity contribution is 14.0. The first-order valence-corrected chi connectivity index (χ1v) is 9.27. The van der Waals surface area contributed by atoms with Crippen molar-refractivity contribution in [2.24, 2.45) is 4.99 Å². The molecule has 2 N–H and O–H groups in total. The summed E-state index contributed by atoms with van der Waals surface area (Å²) in [6, 6.07) is 14.4. The molecule has 0 saturated carbocycles. The van der Waals surface area contributed by atoms with Gasteiger partial charge in [-0.3, -0.25) is 4.99 Å². The number of alkyl halides is 3. The highest BCUT2D eigenvalue weighted by Crippen LogP contribution is 2.30. The second-order valence-corrected chi connectivity index (χ2v) is 6.85. The van der Waals surface area contributed by atoms with Crippen LogP contribution in [-0.4, -0.2) is 24.5 Å². The minimum atomic E-state index is -4.39. The highest BCUT2D eigenvalue weighted by Gasteiger charge is 2.33. The molecule has 0 amide bonds. The average Bonchev–Trinajstić information content (AvgIpc) is 3.14. The Morgan fingerprint density at radius 2 is 1.86 bits per heavy atom. The second kappa shape index (κ2) is 10.1. The lowest BCUT2D eigenvalue weighted by Gasteiger charge is -2.12. The first kappa shape index (κ1) is 22.4. The van der Waals surface area contributed by atoms with E-state index in [0.29, 0.717) is 30.5 Å². The van der Waals surface area contributed by atoms with Crippen LogP contribution in [0.2, 0.25) is 0 Å². The Morgan fingerprint density at radius 3 is 2.54 bits per heavy atom. The van der Waals surface area contributed by atoms with E-state index in [1.165, 1.54) is 10.8 Å². The Bertz CT molecular complexity index is 940. The van der Waals surface area contributed by atoms with Crippen molar-refractivity contribution in [2.45, 2.75) is 19.1 Å². The molecule has 9 heteroatoms. The number of halogens is 4. The molecule has 0 bridgehead atoms. The molecular formula is C19H20F3IN4S. The Labute approximate surface area is 182 Å². The third-order valence-electron chi connectivity index (χ3n) is 3.97. The molecule has 2 aromatic carbocycles. The number of aromatic nitrogens is 1. The molecule has 4 nitrogen and oxygen atoms in total. The van der Waals surface area contributed by atoms with E-state index in [4.69, 9.17) is 0 Å². The van der Waals surface area contributed by atoms with Crippen molar-refractivity contribution in [3.05, 3.63) is 64.1 Å². The summed E-state index contributed by atoms with van der Waals surface area (Å²) in [5.41, 5.74) is 0.285. The predicted molar refractivity (Wildman–Crippen MR) is 118 cm³/mol. The van der Waals surface area contributed by atoms with Crippen LogP contribution in [0.15, 0.2) is 52.8 Å². The Balaban J connectivity index is 0.00000280. The number of nitrogens with one attached hydrogen (secondary N) is 2. The molecule has 0 radical (unpaired) electrons. The zero-order chi connectivity index (χ0) is 19.3. The number of rotatable bonds is 5. The number of guanidine groups is 1. The van der Waals surface area contributed by atoms with Crippen molar-refractivity contribution in [1.82, 2.24) is 15.6 Å². The molecule has 0 aliphatic carbocycles. The Kier molecular flexibility index (Phi) is 8.05. The molecule has 3 aromatic rings. The van der Waals surface area contributed by atoms with Crippen LogP contribution in [0.5, 0.6) is 0 Å². The summed E-state index contributed by atoms with van der Waals surface area (Å²) in [5, 5.41) is 10.1. The molecule has 0 atom stereocenters. The van der Waals surface area contributed by atoms with Crippen molar-refractivity contribution >= 4 is 52.0 Å². The van der Waals surface area contributed by atoms with Gasteiger partial charge in [0.05, 0.1) is 5.01 Å². The molecule has 1 aromatic heterocycles. The summed E-state index contributed by atoms with van der Waals surface area (Å²) in [6.45, 7) is 1.04. The van der Waals surface area contributed by atoms with Gasteiger partial charge in [0.15, 0.2) is 11.7 Å². The topological polar surface area (TPSA) is 49.3 Å². The minimum absolute atomic E-state index is 0. The zero-order valence-electron chi connectivity index (χ0n) is 15.1. The maximum atomic E-state index is 12.6. The lowest BCUT2D eigenvalue weighted by atomic mass is 10.1. The van der Waals surface area contributed by atoms with Crippen LogP contribution < -0.4 is 10.6 Å². The fourth-order valence-electron chi connectivity index (χ4n) is 2.60. The molecule has 0 aliphatic rings. The number of fused-ring (bicyclic) bond motifs is 1. The van der Waals surface area contributed by atoms with Gasteiger partial charge >= 0.3 is 6.18 Å². The number of hydrogen-bond acceptors (Lipinski definition) is 3. The number of thiazole rings is 1. The van der Waals surface area contributed by atoms with Gasteiger partial charge in [0.1, 0.15) is 0 Å². The van der Waals surface area contributed by atoms with Gasteiger partial charge in [0.25, 0.3) is 0 Å². The molecule has 150 valence electrons. The van der Waals surface area contributed by atoms with E-state index < -0.39 is 11.9 Å². The minimum Gasteiger partial charge on any atom is -0.356 e. The van der Waals surface area contributed by atoms with Crippen molar-refractivity contribution < 1.29 is 13.2 Å². The standard InChI is InChI=1S/C19H19F3N4S.HI/c1-23-18(24-9-8-17-26-16(12-27-17)19(20,21)22)25-11-13-6-7-14-4-2-3-5-15(14)10-13;/h2-7,10,12H,8-9,11H2,1H3,(H2,23,24,25);1H. The zero-order valence-corrected chi connectivity index (χ0v) is 18.2. The quantitative estimate of drug-likeness (QED) is 0.288. The fourth-order valence-corrected chi connectivity index (χ4v) is 3.40. The third kappa shape index (κ3) is 6.06.